The van der Waals surface area contributed by atoms with E-state index in [0.717, 1.165) is 31.5 Å². The number of hydrogen-bond donors (Lipinski definition) is 4. The number of benzene rings is 1. The van der Waals surface area contributed by atoms with E-state index in [1.165, 1.54) is 0 Å². The quantitative estimate of drug-likeness (QED) is 0.289. The summed E-state index contributed by atoms with van der Waals surface area (Å²) in [6.07, 6.45) is 3.99. The van der Waals surface area contributed by atoms with E-state index in [1.807, 2.05) is 0 Å². The van der Waals surface area contributed by atoms with E-state index >= 15 is 0 Å². The fraction of sp³-hybridized carbons (Fsp3) is 0.444. The van der Waals surface area contributed by atoms with E-state index < -0.39 is 17.9 Å². The highest BCUT2D eigenvalue weighted by molar-refractivity contribution is 6.06. The number of piperidine rings is 1. The first-order valence-corrected chi connectivity index (χ1v) is 8.73. The number of amides is 3. The van der Waals surface area contributed by atoms with Crippen molar-refractivity contribution in [2.45, 2.75) is 38.1 Å². The zero-order valence-electron chi connectivity index (χ0n) is 14.5. The summed E-state index contributed by atoms with van der Waals surface area (Å²) < 4.78 is 0. The number of hydrogen-bond acceptors (Lipinski definition) is 6. The maximum absolute atomic E-state index is 12.4. The van der Waals surface area contributed by atoms with Crippen LogP contribution in [0.5, 0.6) is 0 Å². The first-order chi connectivity index (χ1) is 12.5. The molecule has 1 aromatic carbocycles. The highest BCUT2D eigenvalue weighted by Crippen LogP contribution is 2.16. The summed E-state index contributed by atoms with van der Waals surface area (Å²) >= 11 is 0. The first kappa shape index (κ1) is 19.6. The topological polar surface area (TPSA) is 130 Å². The van der Waals surface area contributed by atoms with Crippen LogP contribution in [0.25, 0.3) is 0 Å². The van der Waals surface area contributed by atoms with Crippen molar-refractivity contribution in [1.82, 2.24) is 10.6 Å². The number of anilines is 1. The number of carbonyl (C=O) groups excluding carboxylic acids is 4. The lowest BCUT2D eigenvalue weighted by Gasteiger charge is -2.22. The average Bonchev–Trinajstić information content (AvgIpc) is 2.63. The number of aldehydes is 1. The van der Waals surface area contributed by atoms with Crippen LogP contribution in [0.2, 0.25) is 0 Å². The van der Waals surface area contributed by atoms with Gasteiger partial charge in [0.1, 0.15) is 6.04 Å². The minimum Gasteiger partial charge on any atom is -0.385 e. The highest BCUT2D eigenvalue weighted by Gasteiger charge is 2.28. The molecule has 0 radical (unpaired) electrons. The van der Waals surface area contributed by atoms with Crippen molar-refractivity contribution in [1.29, 1.82) is 0 Å². The molecule has 8 heteroatoms. The number of nitrogens with one attached hydrogen (secondary N) is 3. The molecule has 8 nitrogen and oxygen atoms in total. The van der Waals surface area contributed by atoms with Gasteiger partial charge in [0.15, 0.2) is 6.29 Å². The average molecular weight is 360 g/mol. The minimum absolute atomic E-state index is 0.171. The lowest BCUT2D eigenvalue weighted by atomic mass is 10.0. The SMILES string of the molecule is NCCCCCNc1ccc(C(=O)NC2CCC(=O)NC2=O)c(C=O)c1. The summed E-state index contributed by atoms with van der Waals surface area (Å²) in [5, 5.41) is 7.96. The zero-order chi connectivity index (χ0) is 18.9. The molecule has 0 spiro atoms. The maximum atomic E-state index is 12.4. The largest absolute Gasteiger partial charge is 0.385 e. The third-order valence-corrected chi connectivity index (χ3v) is 4.18. The standard InChI is InChI=1S/C18H24N4O4/c19-8-2-1-3-9-20-13-4-5-14(12(10-13)11-23)17(25)21-15-6-7-16(24)22-18(15)26/h4-5,10-11,15,20H,1-3,6-9,19H2,(H,21,25)(H,22,24,26). The Hall–Kier alpha value is -2.74. The molecule has 0 saturated carbocycles. The summed E-state index contributed by atoms with van der Waals surface area (Å²) in [5.74, 6) is -1.40. The smallest absolute Gasteiger partial charge is 0.252 e. The number of nitrogens with two attached hydrogens (primary N) is 1. The van der Waals surface area contributed by atoms with E-state index in [0.29, 0.717) is 12.8 Å². The van der Waals surface area contributed by atoms with Crippen molar-refractivity contribution in [3.8, 4) is 0 Å². The number of rotatable bonds is 9. The van der Waals surface area contributed by atoms with Gasteiger partial charge in [-0.25, -0.2) is 0 Å². The van der Waals surface area contributed by atoms with Gasteiger partial charge < -0.3 is 16.4 Å². The van der Waals surface area contributed by atoms with Crippen LogP contribution >= 0.6 is 0 Å². The molecule has 26 heavy (non-hydrogen) atoms. The van der Waals surface area contributed by atoms with E-state index in [9.17, 15) is 19.2 Å². The Balaban J connectivity index is 1.97. The second kappa shape index (κ2) is 9.67. The first-order valence-electron chi connectivity index (χ1n) is 8.73. The van der Waals surface area contributed by atoms with Crippen molar-refractivity contribution in [3.63, 3.8) is 0 Å². The number of imide groups is 1. The third kappa shape index (κ3) is 5.38. The Morgan fingerprint density at radius 3 is 2.77 bits per heavy atom. The molecule has 1 saturated heterocycles. The molecule has 0 aliphatic carbocycles. The van der Waals surface area contributed by atoms with Gasteiger partial charge in [-0.15, -0.1) is 0 Å². The van der Waals surface area contributed by atoms with Gasteiger partial charge in [0.25, 0.3) is 5.91 Å². The third-order valence-electron chi connectivity index (χ3n) is 4.18. The van der Waals surface area contributed by atoms with Crippen LogP contribution in [0.3, 0.4) is 0 Å². The highest BCUT2D eigenvalue weighted by atomic mass is 16.2. The molecule has 0 bridgehead atoms. The maximum Gasteiger partial charge on any atom is 0.252 e. The Bertz CT molecular complexity index is 690. The fourth-order valence-electron chi connectivity index (χ4n) is 2.72. The molecule has 140 valence electrons. The Labute approximate surface area is 151 Å². The Morgan fingerprint density at radius 2 is 2.08 bits per heavy atom. The molecule has 1 atom stereocenters. The predicted molar refractivity (Wildman–Crippen MR) is 96.9 cm³/mol. The van der Waals surface area contributed by atoms with Crippen LogP contribution in [0.4, 0.5) is 5.69 Å². The molecule has 1 aliphatic heterocycles. The van der Waals surface area contributed by atoms with Gasteiger partial charge in [-0.2, -0.15) is 0 Å². The zero-order valence-corrected chi connectivity index (χ0v) is 14.5. The van der Waals surface area contributed by atoms with Crippen LogP contribution in [0.1, 0.15) is 52.8 Å². The summed E-state index contributed by atoms with van der Waals surface area (Å²) in [6.45, 7) is 1.42. The van der Waals surface area contributed by atoms with Gasteiger partial charge in [-0.05, 0) is 44.0 Å². The molecule has 1 aromatic rings. The second-order valence-electron chi connectivity index (χ2n) is 6.17. The molecule has 2 rings (SSSR count). The van der Waals surface area contributed by atoms with Gasteiger partial charge in [0.2, 0.25) is 11.8 Å². The van der Waals surface area contributed by atoms with Gasteiger partial charge in [-0.3, -0.25) is 24.5 Å². The molecule has 1 unspecified atom stereocenters. The number of unbranched alkanes of at least 4 members (excludes halogenated alkanes) is 2. The number of carbonyl (C=O) groups is 4. The molecule has 3 amide bonds. The summed E-state index contributed by atoms with van der Waals surface area (Å²) in [7, 11) is 0. The molecule has 1 aliphatic rings. The summed E-state index contributed by atoms with van der Waals surface area (Å²) in [5.41, 5.74) is 6.63. The summed E-state index contributed by atoms with van der Waals surface area (Å²) in [6, 6.07) is 4.10. The summed E-state index contributed by atoms with van der Waals surface area (Å²) in [4.78, 5) is 46.6. The lowest BCUT2D eigenvalue weighted by molar-refractivity contribution is -0.134. The Morgan fingerprint density at radius 1 is 1.27 bits per heavy atom. The van der Waals surface area contributed by atoms with Crippen molar-refractivity contribution < 1.29 is 19.2 Å². The van der Waals surface area contributed by atoms with Crippen LogP contribution < -0.4 is 21.7 Å². The van der Waals surface area contributed by atoms with E-state index in [1.54, 1.807) is 18.2 Å². The fourth-order valence-corrected chi connectivity index (χ4v) is 2.72. The predicted octanol–water partition coefficient (Wildman–Crippen LogP) is 0.575. The molecule has 1 fully saturated rings. The monoisotopic (exact) mass is 360 g/mol. The van der Waals surface area contributed by atoms with E-state index in [4.69, 9.17) is 5.73 Å². The van der Waals surface area contributed by atoms with E-state index in [-0.39, 0.29) is 29.9 Å². The van der Waals surface area contributed by atoms with Crippen LogP contribution in [-0.2, 0) is 9.59 Å². The van der Waals surface area contributed by atoms with Gasteiger partial charge in [0, 0.05) is 29.8 Å². The van der Waals surface area contributed by atoms with Gasteiger partial charge in [0.05, 0.1) is 0 Å². The Kier molecular flexibility index (Phi) is 7.28. The minimum atomic E-state index is -0.778. The molecule has 0 aromatic heterocycles. The van der Waals surface area contributed by atoms with Gasteiger partial charge >= 0.3 is 0 Å². The van der Waals surface area contributed by atoms with Crippen LogP contribution in [-0.4, -0.2) is 43.1 Å². The van der Waals surface area contributed by atoms with Crippen molar-refractivity contribution in [2.75, 3.05) is 18.4 Å². The normalized spacial score (nSPS) is 16.7. The molecule has 5 N–H and O–H groups in total. The molecular formula is C18H24N4O4. The molecular weight excluding hydrogens is 336 g/mol. The second-order valence-corrected chi connectivity index (χ2v) is 6.17. The molecule has 1 heterocycles. The van der Waals surface area contributed by atoms with Crippen LogP contribution in [0, 0.1) is 0 Å². The van der Waals surface area contributed by atoms with Crippen molar-refractivity contribution in [2.24, 2.45) is 5.73 Å². The van der Waals surface area contributed by atoms with Gasteiger partial charge in [-0.1, -0.05) is 6.42 Å². The van der Waals surface area contributed by atoms with Crippen LogP contribution in [0.15, 0.2) is 18.2 Å². The van der Waals surface area contributed by atoms with Crippen molar-refractivity contribution in [3.05, 3.63) is 29.3 Å². The lowest BCUT2D eigenvalue weighted by Crippen LogP contribution is -2.52. The van der Waals surface area contributed by atoms with Crippen molar-refractivity contribution >= 4 is 29.7 Å². The van der Waals surface area contributed by atoms with E-state index in [2.05, 4.69) is 16.0 Å².